The van der Waals surface area contributed by atoms with Gasteiger partial charge in [-0.15, -0.1) is 0 Å². The maximum absolute atomic E-state index is 13.4. The van der Waals surface area contributed by atoms with Crippen molar-refractivity contribution in [2.24, 2.45) is 0 Å². The molecule has 0 saturated carbocycles. The Morgan fingerprint density at radius 1 is 0.963 bits per heavy atom. The molecule has 0 bridgehead atoms. The molecule has 0 N–H and O–H groups in total. The van der Waals surface area contributed by atoms with Gasteiger partial charge < -0.3 is 4.90 Å². The van der Waals surface area contributed by atoms with E-state index in [0.29, 0.717) is 0 Å². The largest absolute Gasteiger partial charge is 0.357 e. The van der Waals surface area contributed by atoms with Crippen molar-refractivity contribution < 1.29 is 4.39 Å². The van der Waals surface area contributed by atoms with E-state index in [-0.39, 0.29) is 5.82 Å². The maximum Gasteiger partial charge on any atom is 0.147 e. The van der Waals surface area contributed by atoms with Gasteiger partial charge in [0, 0.05) is 36.7 Å². The topological polar surface area (TPSA) is 46.8 Å². The molecule has 0 unspecified atom stereocenters. The number of pyridine rings is 2. The summed E-state index contributed by atoms with van der Waals surface area (Å²) >= 11 is 0. The van der Waals surface area contributed by atoms with E-state index in [1.165, 1.54) is 12.1 Å². The van der Waals surface area contributed by atoms with Crippen LogP contribution in [0, 0.1) is 5.82 Å². The van der Waals surface area contributed by atoms with Gasteiger partial charge in [-0.05, 0) is 56.3 Å². The van der Waals surface area contributed by atoms with Crippen molar-refractivity contribution in [1.82, 2.24) is 19.5 Å². The molecule has 6 heteroatoms. The summed E-state index contributed by atoms with van der Waals surface area (Å²) in [6, 6.07) is 12.3. The number of anilines is 1. The van der Waals surface area contributed by atoms with Gasteiger partial charge in [0.2, 0.25) is 0 Å². The Kier molecular flexibility index (Phi) is 4.54. The number of hydrogen-bond donors (Lipinski definition) is 0. The van der Waals surface area contributed by atoms with Crippen molar-refractivity contribution in [3.63, 3.8) is 0 Å². The molecule has 0 aliphatic rings. The number of benzene rings is 1. The van der Waals surface area contributed by atoms with Crippen LogP contribution in [0.1, 0.15) is 13.8 Å². The Balaban J connectivity index is 1.86. The zero-order chi connectivity index (χ0) is 18.8. The predicted octanol–water partition coefficient (Wildman–Crippen LogP) is 4.47. The molecular weight excluding hydrogens is 341 g/mol. The van der Waals surface area contributed by atoms with Crippen LogP contribution in [0.15, 0.2) is 61.1 Å². The van der Waals surface area contributed by atoms with Crippen LogP contribution in [0.4, 0.5) is 10.2 Å². The summed E-state index contributed by atoms with van der Waals surface area (Å²) < 4.78 is 15.4. The Bertz CT molecular complexity index is 1050. The van der Waals surface area contributed by atoms with Gasteiger partial charge in [-0.25, -0.2) is 14.4 Å². The van der Waals surface area contributed by atoms with Crippen LogP contribution in [0.3, 0.4) is 0 Å². The first-order valence-corrected chi connectivity index (χ1v) is 9.01. The Labute approximate surface area is 157 Å². The third kappa shape index (κ3) is 3.14. The lowest BCUT2D eigenvalue weighted by Gasteiger charge is -2.19. The second-order valence-electron chi connectivity index (χ2n) is 6.19. The van der Waals surface area contributed by atoms with E-state index in [1.807, 2.05) is 29.0 Å². The minimum atomic E-state index is -0.270. The van der Waals surface area contributed by atoms with Crippen LogP contribution in [0.2, 0.25) is 0 Å². The van der Waals surface area contributed by atoms with E-state index >= 15 is 0 Å². The average Bonchev–Trinajstić information content (AvgIpc) is 3.10. The molecule has 0 amide bonds. The highest BCUT2D eigenvalue weighted by Crippen LogP contribution is 2.28. The van der Waals surface area contributed by atoms with Crippen molar-refractivity contribution >= 4 is 16.9 Å². The van der Waals surface area contributed by atoms with E-state index in [0.717, 1.165) is 47.0 Å². The first kappa shape index (κ1) is 17.1. The van der Waals surface area contributed by atoms with Crippen LogP contribution in [0.5, 0.6) is 0 Å². The van der Waals surface area contributed by atoms with Gasteiger partial charge in [0.25, 0.3) is 0 Å². The van der Waals surface area contributed by atoms with Gasteiger partial charge in [0.15, 0.2) is 0 Å². The Hall–Kier alpha value is -3.28. The number of halogens is 1. The lowest BCUT2D eigenvalue weighted by molar-refractivity contribution is 0.627. The van der Waals surface area contributed by atoms with Crippen molar-refractivity contribution in [3.05, 3.63) is 66.9 Å². The summed E-state index contributed by atoms with van der Waals surface area (Å²) in [5.74, 6) is 1.42. The molecule has 0 fully saturated rings. The number of fused-ring (bicyclic) bond motifs is 1. The number of rotatable bonds is 5. The molecule has 0 aliphatic carbocycles. The third-order valence-corrected chi connectivity index (χ3v) is 4.64. The van der Waals surface area contributed by atoms with E-state index in [9.17, 15) is 4.39 Å². The molecule has 3 heterocycles. The zero-order valence-electron chi connectivity index (χ0n) is 15.3. The number of hydrogen-bond acceptors (Lipinski definition) is 4. The van der Waals surface area contributed by atoms with Gasteiger partial charge in [-0.2, -0.15) is 0 Å². The molecular formula is C21H20FN5. The highest BCUT2D eigenvalue weighted by molar-refractivity contribution is 5.82. The van der Waals surface area contributed by atoms with Crippen molar-refractivity contribution in [2.45, 2.75) is 13.8 Å². The summed E-state index contributed by atoms with van der Waals surface area (Å²) in [6.45, 7) is 6.03. The van der Waals surface area contributed by atoms with Gasteiger partial charge in [-0.3, -0.25) is 9.55 Å². The first-order valence-electron chi connectivity index (χ1n) is 9.01. The molecule has 1 aromatic carbocycles. The summed E-state index contributed by atoms with van der Waals surface area (Å²) in [5, 5.41) is 0. The highest BCUT2D eigenvalue weighted by Gasteiger charge is 2.15. The van der Waals surface area contributed by atoms with E-state index < -0.39 is 0 Å². The Morgan fingerprint density at radius 3 is 2.41 bits per heavy atom. The first-order chi connectivity index (χ1) is 13.2. The molecule has 136 valence electrons. The summed E-state index contributed by atoms with van der Waals surface area (Å²) in [4.78, 5) is 15.8. The van der Waals surface area contributed by atoms with Crippen molar-refractivity contribution in [3.8, 4) is 17.1 Å². The fraction of sp³-hybridized carbons (Fsp3) is 0.190. The fourth-order valence-electron chi connectivity index (χ4n) is 3.22. The second kappa shape index (κ2) is 7.15. The van der Waals surface area contributed by atoms with Crippen molar-refractivity contribution in [1.29, 1.82) is 0 Å². The molecule has 0 spiro atoms. The van der Waals surface area contributed by atoms with E-state index in [4.69, 9.17) is 4.98 Å². The zero-order valence-corrected chi connectivity index (χ0v) is 15.3. The average molecular weight is 361 g/mol. The number of aromatic nitrogens is 4. The molecule has 3 aromatic heterocycles. The van der Waals surface area contributed by atoms with Crippen LogP contribution >= 0.6 is 0 Å². The lowest BCUT2D eigenvalue weighted by atomic mass is 10.2. The standard InChI is InChI=1S/C21H20FN5/c1-3-26(4-2)20-10-5-15(13-24-20)21-25-18-11-12-23-14-19(18)27(21)17-8-6-16(22)7-9-17/h5-14H,3-4H2,1-2H3. The van der Waals surface area contributed by atoms with Crippen LogP contribution in [-0.2, 0) is 0 Å². The van der Waals surface area contributed by atoms with Gasteiger partial charge in [-0.1, -0.05) is 0 Å². The van der Waals surface area contributed by atoms with Crippen LogP contribution < -0.4 is 4.90 Å². The molecule has 0 saturated heterocycles. The minimum Gasteiger partial charge on any atom is -0.357 e. The monoisotopic (exact) mass is 361 g/mol. The maximum atomic E-state index is 13.4. The number of nitrogens with zero attached hydrogens (tertiary/aromatic N) is 5. The molecule has 4 aromatic rings. The van der Waals surface area contributed by atoms with E-state index in [2.05, 4.69) is 28.7 Å². The normalized spacial score (nSPS) is 11.1. The molecule has 4 rings (SSSR count). The van der Waals surface area contributed by atoms with Crippen molar-refractivity contribution in [2.75, 3.05) is 18.0 Å². The molecule has 0 atom stereocenters. The lowest BCUT2D eigenvalue weighted by Crippen LogP contribution is -2.22. The molecule has 0 aliphatic heterocycles. The van der Waals surface area contributed by atoms with Gasteiger partial charge in [0.05, 0.1) is 17.2 Å². The highest BCUT2D eigenvalue weighted by atomic mass is 19.1. The second-order valence-corrected chi connectivity index (χ2v) is 6.19. The quantitative estimate of drug-likeness (QED) is 0.526. The van der Waals surface area contributed by atoms with Crippen LogP contribution in [0.25, 0.3) is 28.1 Å². The molecule has 5 nitrogen and oxygen atoms in total. The third-order valence-electron chi connectivity index (χ3n) is 4.64. The number of imidazole rings is 1. The van der Waals surface area contributed by atoms with Gasteiger partial charge >= 0.3 is 0 Å². The SMILES string of the molecule is CCN(CC)c1ccc(-c2nc3ccncc3n2-c2ccc(F)cc2)cn1. The predicted molar refractivity (Wildman–Crippen MR) is 106 cm³/mol. The molecule has 27 heavy (non-hydrogen) atoms. The van der Waals surface area contributed by atoms with Gasteiger partial charge in [0.1, 0.15) is 17.5 Å². The fourth-order valence-corrected chi connectivity index (χ4v) is 3.22. The minimum absolute atomic E-state index is 0.270. The van der Waals surface area contributed by atoms with Crippen LogP contribution in [-0.4, -0.2) is 32.6 Å². The van der Waals surface area contributed by atoms with E-state index in [1.54, 1.807) is 24.5 Å². The summed E-state index contributed by atoms with van der Waals surface area (Å²) in [6.07, 6.45) is 5.32. The summed E-state index contributed by atoms with van der Waals surface area (Å²) in [7, 11) is 0. The summed E-state index contributed by atoms with van der Waals surface area (Å²) in [5.41, 5.74) is 3.42. The Morgan fingerprint density at radius 2 is 1.74 bits per heavy atom. The molecule has 0 radical (unpaired) electrons. The smallest absolute Gasteiger partial charge is 0.147 e.